The molecule has 0 aromatic heterocycles. The van der Waals surface area contributed by atoms with Gasteiger partial charge in [0, 0.05) is 13.0 Å². The molecule has 2 aliphatic heterocycles. The Kier molecular flexibility index (Phi) is 32.5. The average Bonchev–Trinajstić information content (AvgIpc) is 3.28. The lowest BCUT2D eigenvalue weighted by molar-refractivity contribution is -0.332. The highest BCUT2D eigenvalue weighted by atomic mass is 16.7. The maximum Gasteiger partial charge on any atom is 0.306 e. The Morgan fingerprint density at radius 3 is 1.56 bits per heavy atom. The van der Waals surface area contributed by atoms with Gasteiger partial charge in [-0.1, -0.05) is 131 Å². The van der Waals surface area contributed by atoms with Crippen LogP contribution in [0.2, 0.25) is 0 Å². The standard InChI is InChI=1S/C49H80O14/c1-3-5-7-9-11-12-13-14-15-16-17-18-19-20-21-22-23-24-25-26-27-28-30-32-41(51)61-38(35-58-33-31-29-10-8-6-4-2)36-59-48-47(57)45(55)43(53)40(63-48)37-60-49-46(56)44(54)42(52)39(34-50)62-49/h5,7,11-12,14-15,17-18,20-21,23-24,26-27,38-40,42-50,52-57H,3-4,6,8-10,13,16,19,22,25,28-37H2,1-2H3/b7-5-,12-11-,15-14-,18-17-,21-20-,24-23-,27-26-. The van der Waals surface area contributed by atoms with Gasteiger partial charge in [-0.3, -0.25) is 4.79 Å². The summed E-state index contributed by atoms with van der Waals surface area (Å²) in [6.07, 6.45) is 28.4. The molecule has 11 unspecified atom stereocenters. The predicted molar refractivity (Wildman–Crippen MR) is 242 cm³/mol. The molecule has 14 nitrogen and oxygen atoms in total. The van der Waals surface area contributed by atoms with Crippen molar-refractivity contribution in [1.29, 1.82) is 0 Å². The smallest absolute Gasteiger partial charge is 0.306 e. The van der Waals surface area contributed by atoms with Crippen molar-refractivity contribution in [2.75, 3.05) is 33.0 Å². The monoisotopic (exact) mass is 893 g/mol. The van der Waals surface area contributed by atoms with Crippen LogP contribution in [0.25, 0.3) is 0 Å². The number of rotatable bonds is 34. The first-order valence-corrected chi connectivity index (χ1v) is 23.2. The second-order valence-corrected chi connectivity index (χ2v) is 15.8. The molecule has 0 aliphatic carbocycles. The summed E-state index contributed by atoms with van der Waals surface area (Å²) < 4.78 is 33.9. The van der Waals surface area contributed by atoms with E-state index in [1.807, 2.05) is 6.08 Å². The molecule has 0 aromatic carbocycles. The number of unbranched alkanes of at least 4 members (excludes halogenated alkanes) is 6. The topological polar surface area (TPSA) is 214 Å². The molecule has 0 spiro atoms. The number of allylic oxidation sites excluding steroid dienone is 14. The van der Waals surface area contributed by atoms with E-state index in [0.29, 0.717) is 19.4 Å². The highest BCUT2D eigenvalue weighted by Crippen LogP contribution is 2.26. The van der Waals surface area contributed by atoms with Crippen molar-refractivity contribution in [3.05, 3.63) is 85.1 Å². The fourth-order valence-corrected chi connectivity index (χ4v) is 6.62. The minimum absolute atomic E-state index is 0.0319. The lowest BCUT2D eigenvalue weighted by atomic mass is 9.98. The molecule has 14 heteroatoms. The zero-order chi connectivity index (χ0) is 45.9. The van der Waals surface area contributed by atoms with Gasteiger partial charge in [-0.05, 0) is 64.2 Å². The summed E-state index contributed by atoms with van der Waals surface area (Å²) in [6, 6.07) is 0. The van der Waals surface area contributed by atoms with Crippen LogP contribution in [-0.2, 0) is 33.2 Å². The van der Waals surface area contributed by atoms with Crippen molar-refractivity contribution in [3.8, 4) is 0 Å². The van der Waals surface area contributed by atoms with Crippen LogP contribution < -0.4 is 0 Å². The van der Waals surface area contributed by atoms with E-state index in [1.54, 1.807) is 0 Å². The van der Waals surface area contributed by atoms with E-state index in [0.717, 1.165) is 70.6 Å². The number of hydrogen-bond acceptors (Lipinski definition) is 14. The SMILES string of the molecule is CC/C=C\C/C=C\C/C=C\C/C=C\C/C=C\C/C=C\C/C=C\CCCC(=O)OC(COCCCCCCCC)COC1OC(COC2OC(CO)C(O)C(O)C2O)C(O)C(O)C1O. The molecule has 2 aliphatic rings. The van der Waals surface area contributed by atoms with Crippen molar-refractivity contribution in [1.82, 2.24) is 0 Å². The molecular weight excluding hydrogens is 813 g/mol. The number of carbonyl (C=O) groups excluding carboxylic acids is 1. The zero-order valence-electron chi connectivity index (χ0n) is 37.8. The molecule has 360 valence electrons. The first kappa shape index (κ1) is 56.3. The fraction of sp³-hybridized carbons (Fsp3) is 0.694. The van der Waals surface area contributed by atoms with Crippen LogP contribution in [-0.4, -0.2) is 142 Å². The summed E-state index contributed by atoms with van der Waals surface area (Å²) >= 11 is 0. The van der Waals surface area contributed by atoms with Crippen LogP contribution >= 0.6 is 0 Å². The maximum atomic E-state index is 12.9. The normalized spacial score (nSPS) is 27.8. The third-order valence-electron chi connectivity index (χ3n) is 10.4. The minimum Gasteiger partial charge on any atom is -0.457 e. The van der Waals surface area contributed by atoms with Gasteiger partial charge in [0.2, 0.25) is 0 Å². The third kappa shape index (κ3) is 24.9. The molecule has 2 saturated heterocycles. The van der Waals surface area contributed by atoms with Crippen molar-refractivity contribution in [2.24, 2.45) is 0 Å². The van der Waals surface area contributed by atoms with E-state index in [1.165, 1.54) is 12.8 Å². The van der Waals surface area contributed by atoms with Gasteiger partial charge < -0.3 is 64.2 Å². The van der Waals surface area contributed by atoms with Gasteiger partial charge in [0.1, 0.15) is 54.9 Å². The first-order chi connectivity index (χ1) is 30.6. The average molecular weight is 893 g/mol. The number of esters is 1. The van der Waals surface area contributed by atoms with Gasteiger partial charge in [-0.2, -0.15) is 0 Å². The molecule has 2 rings (SSSR count). The highest BCUT2D eigenvalue weighted by molar-refractivity contribution is 5.69. The maximum absolute atomic E-state index is 12.9. The van der Waals surface area contributed by atoms with Crippen LogP contribution in [0.4, 0.5) is 0 Å². The van der Waals surface area contributed by atoms with Crippen LogP contribution in [0.1, 0.15) is 117 Å². The van der Waals surface area contributed by atoms with E-state index in [9.17, 15) is 40.5 Å². The van der Waals surface area contributed by atoms with Gasteiger partial charge in [0.25, 0.3) is 0 Å². The summed E-state index contributed by atoms with van der Waals surface area (Å²) in [5.41, 5.74) is 0. The summed E-state index contributed by atoms with van der Waals surface area (Å²) in [6.45, 7) is 3.39. The Bertz CT molecular complexity index is 1360. The Morgan fingerprint density at radius 2 is 1.02 bits per heavy atom. The van der Waals surface area contributed by atoms with Crippen molar-refractivity contribution < 1.29 is 69.0 Å². The molecule has 7 N–H and O–H groups in total. The third-order valence-corrected chi connectivity index (χ3v) is 10.4. The molecule has 11 atom stereocenters. The van der Waals surface area contributed by atoms with Crippen LogP contribution in [0.15, 0.2) is 85.1 Å². The largest absolute Gasteiger partial charge is 0.457 e. The van der Waals surface area contributed by atoms with Crippen molar-refractivity contribution in [2.45, 2.75) is 184 Å². The van der Waals surface area contributed by atoms with Crippen LogP contribution in [0.3, 0.4) is 0 Å². The van der Waals surface area contributed by atoms with Gasteiger partial charge >= 0.3 is 5.97 Å². The second kappa shape index (κ2) is 36.4. The zero-order valence-corrected chi connectivity index (χ0v) is 37.8. The quantitative estimate of drug-likeness (QED) is 0.0234. The van der Waals surface area contributed by atoms with Gasteiger partial charge in [-0.15, -0.1) is 0 Å². The van der Waals surface area contributed by atoms with Crippen molar-refractivity contribution in [3.63, 3.8) is 0 Å². The minimum atomic E-state index is -1.72. The van der Waals surface area contributed by atoms with Crippen molar-refractivity contribution >= 4 is 5.97 Å². The summed E-state index contributed by atoms with van der Waals surface area (Å²) in [5.74, 6) is -0.441. The highest BCUT2D eigenvalue weighted by Gasteiger charge is 2.47. The molecule has 0 radical (unpaired) electrons. The van der Waals surface area contributed by atoms with Gasteiger partial charge in [-0.25, -0.2) is 0 Å². The lowest BCUT2D eigenvalue weighted by Gasteiger charge is -2.42. The fourth-order valence-electron chi connectivity index (χ4n) is 6.62. The number of hydrogen-bond donors (Lipinski definition) is 7. The summed E-state index contributed by atoms with van der Waals surface area (Å²) in [4.78, 5) is 12.9. The second-order valence-electron chi connectivity index (χ2n) is 15.8. The molecule has 0 amide bonds. The number of ether oxygens (including phenoxy) is 6. The van der Waals surface area contributed by atoms with E-state index in [-0.39, 0.29) is 19.6 Å². The number of aliphatic hydroxyl groups excluding tert-OH is 7. The van der Waals surface area contributed by atoms with Gasteiger partial charge in [0.05, 0.1) is 26.4 Å². The van der Waals surface area contributed by atoms with E-state index < -0.39 is 86.7 Å². The Balaban J connectivity index is 1.76. The van der Waals surface area contributed by atoms with Crippen LogP contribution in [0, 0.1) is 0 Å². The molecular formula is C49H80O14. The Hall–Kier alpha value is -2.83. The number of aliphatic hydroxyl groups is 7. The molecule has 0 aromatic rings. The lowest BCUT2D eigenvalue weighted by Crippen LogP contribution is -2.61. The predicted octanol–water partition coefficient (Wildman–Crippen LogP) is 5.73. The summed E-state index contributed by atoms with van der Waals surface area (Å²) in [7, 11) is 0. The summed E-state index contributed by atoms with van der Waals surface area (Å²) in [5, 5.41) is 71.7. The van der Waals surface area contributed by atoms with Gasteiger partial charge in [0.15, 0.2) is 12.6 Å². The van der Waals surface area contributed by atoms with E-state index >= 15 is 0 Å². The molecule has 0 bridgehead atoms. The Morgan fingerprint density at radius 1 is 0.540 bits per heavy atom. The Labute approximate surface area is 376 Å². The molecule has 63 heavy (non-hydrogen) atoms. The molecule has 2 heterocycles. The molecule has 0 saturated carbocycles. The van der Waals surface area contributed by atoms with E-state index in [4.69, 9.17) is 28.4 Å². The molecule has 2 fully saturated rings. The number of carbonyl (C=O) groups is 1. The van der Waals surface area contributed by atoms with E-state index in [2.05, 4.69) is 92.8 Å². The van der Waals surface area contributed by atoms with Crippen LogP contribution in [0.5, 0.6) is 0 Å². The first-order valence-electron chi connectivity index (χ1n) is 23.2.